The van der Waals surface area contributed by atoms with Gasteiger partial charge in [-0.15, -0.1) is 5.54 Å². The minimum absolute atomic E-state index is 0.108. The van der Waals surface area contributed by atoms with Crippen LogP contribution < -0.4 is 0 Å². The molecule has 2 heteroatoms. The molecule has 12 heavy (non-hydrogen) atoms. The van der Waals surface area contributed by atoms with Gasteiger partial charge in [0.25, 0.3) is 0 Å². The van der Waals surface area contributed by atoms with Crippen LogP contribution in [0.2, 0.25) is 19.6 Å². The summed E-state index contributed by atoms with van der Waals surface area (Å²) in [6, 6.07) is 0. The molecule has 0 aromatic rings. The molecule has 0 aromatic heterocycles. The first-order valence-electron chi connectivity index (χ1n) is 4.42. The average Bonchev–Trinajstić information content (AvgIpc) is 1.85. The van der Waals surface area contributed by atoms with Crippen LogP contribution in [-0.2, 0) is 4.74 Å². The second-order valence-corrected chi connectivity index (χ2v) is 9.17. The molecule has 0 radical (unpaired) electrons. The Hall–Kier alpha value is -0.263. The Morgan fingerprint density at radius 1 is 1.17 bits per heavy atom. The minimum atomic E-state index is -1.22. The van der Waals surface area contributed by atoms with E-state index in [1.165, 1.54) is 0 Å². The lowest BCUT2D eigenvalue weighted by atomic mass is 10.1. The van der Waals surface area contributed by atoms with Gasteiger partial charge < -0.3 is 4.74 Å². The number of rotatable bonds is 2. The molecule has 0 aliphatic rings. The fourth-order valence-corrected chi connectivity index (χ4v) is 1.36. The van der Waals surface area contributed by atoms with Gasteiger partial charge in [0.05, 0.1) is 0 Å². The van der Waals surface area contributed by atoms with E-state index in [1.54, 1.807) is 7.11 Å². The lowest BCUT2D eigenvalue weighted by molar-refractivity contribution is 0.111. The predicted molar refractivity (Wildman–Crippen MR) is 56.8 cm³/mol. The zero-order valence-electron chi connectivity index (χ0n) is 9.06. The maximum Gasteiger partial charge on any atom is 0.129 e. The molecule has 0 N–H and O–H groups in total. The van der Waals surface area contributed by atoms with Crippen molar-refractivity contribution in [2.24, 2.45) is 5.92 Å². The average molecular weight is 184 g/mol. The largest absolute Gasteiger partial charge is 0.369 e. The summed E-state index contributed by atoms with van der Waals surface area (Å²) in [5, 5.41) is 0. The number of hydrogen-bond donors (Lipinski definition) is 0. The molecule has 0 amide bonds. The van der Waals surface area contributed by atoms with Crippen molar-refractivity contribution >= 4 is 8.07 Å². The Morgan fingerprint density at radius 2 is 1.67 bits per heavy atom. The van der Waals surface area contributed by atoms with E-state index in [4.69, 9.17) is 4.74 Å². The van der Waals surface area contributed by atoms with Crippen LogP contribution >= 0.6 is 0 Å². The molecule has 0 aromatic carbocycles. The van der Waals surface area contributed by atoms with Crippen molar-refractivity contribution in [2.45, 2.75) is 39.6 Å². The highest BCUT2D eigenvalue weighted by Gasteiger charge is 2.11. The quantitative estimate of drug-likeness (QED) is 0.473. The summed E-state index contributed by atoms with van der Waals surface area (Å²) in [7, 11) is 0.503. The van der Waals surface area contributed by atoms with E-state index in [2.05, 4.69) is 45.0 Å². The zero-order chi connectivity index (χ0) is 9.78. The summed E-state index contributed by atoms with van der Waals surface area (Å²) in [5.74, 6) is 3.68. The second-order valence-electron chi connectivity index (χ2n) is 4.42. The van der Waals surface area contributed by atoms with Gasteiger partial charge in [-0.1, -0.05) is 39.4 Å². The summed E-state index contributed by atoms with van der Waals surface area (Å²) in [4.78, 5) is 0. The van der Waals surface area contributed by atoms with E-state index in [0.29, 0.717) is 5.92 Å². The minimum Gasteiger partial charge on any atom is -0.369 e. The summed E-state index contributed by atoms with van der Waals surface area (Å²) in [6.07, 6.45) is 0.108. The van der Waals surface area contributed by atoms with Gasteiger partial charge in [0.1, 0.15) is 14.2 Å². The van der Waals surface area contributed by atoms with Crippen molar-refractivity contribution in [1.29, 1.82) is 0 Å². The zero-order valence-corrected chi connectivity index (χ0v) is 10.1. The number of ether oxygens (including phenoxy) is 1. The van der Waals surface area contributed by atoms with E-state index in [0.717, 1.165) is 0 Å². The standard InChI is InChI=1S/C10H20OSi/c1-9(2)10(11-3)7-8-12(4,5)6/h9-10H,1-6H3. The Kier molecular flexibility index (Phi) is 4.58. The van der Waals surface area contributed by atoms with Crippen molar-refractivity contribution in [3.8, 4) is 11.5 Å². The highest BCUT2D eigenvalue weighted by Crippen LogP contribution is 2.05. The molecule has 1 unspecified atom stereocenters. The van der Waals surface area contributed by atoms with Crippen molar-refractivity contribution in [1.82, 2.24) is 0 Å². The van der Waals surface area contributed by atoms with Crippen molar-refractivity contribution in [3.05, 3.63) is 0 Å². The maximum absolute atomic E-state index is 5.26. The number of methoxy groups -OCH3 is 1. The van der Waals surface area contributed by atoms with Gasteiger partial charge in [-0.3, -0.25) is 0 Å². The highest BCUT2D eigenvalue weighted by atomic mass is 28.3. The molecule has 70 valence electrons. The molecular formula is C10H20OSi. The summed E-state index contributed by atoms with van der Waals surface area (Å²) in [5.41, 5.74) is 3.32. The molecule has 0 aliphatic carbocycles. The third kappa shape index (κ3) is 5.40. The molecular weight excluding hydrogens is 164 g/mol. The van der Waals surface area contributed by atoms with Gasteiger partial charge in [-0.25, -0.2) is 0 Å². The molecule has 1 atom stereocenters. The molecule has 0 spiro atoms. The Labute approximate surface area is 77.5 Å². The van der Waals surface area contributed by atoms with Crippen LogP contribution in [0.5, 0.6) is 0 Å². The molecule has 0 rings (SSSR count). The van der Waals surface area contributed by atoms with Crippen LogP contribution in [0.15, 0.2) is 0 Å². The van der Waals surface area contributed by atoms with E-state index in [1.807, 2.05) is 0 Å². The van der Waals surface area contributed by atoms with Crippen LogP contribution in [0.1, 0.15) is 13.8 Å². The third-order valence-electron chi connectivity index (χ3n) is 1.45. The Bertz CT molecular complexity index is 180. The van der Waals surface area contributed by atoms with Gasteiger partial charge in [0, 0.05) is 7.11 Å². The molecule has 0 aliphatic heterocycles. The molecule has 0 fully saturated rings. The summed E-state index contributed by atoms with van der Waals surface area (Å²) < 4.78 is 5.26. The first-order valence-corrected chi connectivity index (χ1v) is 7.92. The molecule has 0 saturated heterocycles. The van der Waals surface area contributed by atoms with Gasteiger partial charge in [0.2, 0.25) is 0 Å². The highest BCUT2D eigenvalue weighted by molar-refractivity contribution is 6.83. The topological polar surface area (TPSA) is 9.23 Å². The van der Waals surface area contributed by atoms with E-state index in [-0.39, 0.29) is 6.10 Å². The molecule has 0 bridgehead atoms. The normalized spacial score (nSPS) is 13.9. The lowest BCUT2D eigenvalue weighted by Crippen LogP contribution is -2.20. The maximum atomic E-state index is 5.26. The van der Waals surface area contributed by atoms with Gasteiger partial charge in [-0.2, -0.15) is 0 Å². The lowest BCUT2D eigenvalue weighted by Gasteiger charge is -2.13. The SMILES string of the molecule is COC(C#C[Si](C)(C)C)C(C)C. The van der Waals surface area contributed by atoms with Gasteiger partial charge in [0.15, 0.2) is 0 Å². The van der Waals surface area contributed by atoms with E-state index < -0.39 is 8.07 Å². The van der Waals surface area contributed by atoms with Crippen LogP contribution in [0.25, 0.3) is 0 Å². The van der Waals surface area contributed by atoms with Crippen molar-refractivity contribution in [3.63, 3.8) is 0 Å². The Morgan fingerprint density at radius 3 is 1.92 bits per heavy atom. The number of hydrogen-bond acceptors (Lipinski definition) is 1. The summed E-state index contributed by atoms with van der Waals surface area (Å²) >= 11 is 0. The first-order chi connectivity index (χ1) is 5.37. The van der Waals surface area contributed by atoms with Crippen LogP contribution in [0, 0.1) is 17.4 Å². The molecule has 0 heterocycles. The van der Waals surface area contributed by atoms with Crippen LogP contribution in [0.4, 0.5) is 0 Å². The van der Waals surface area contributed by atoms with E-state index in [9.17, 15) is 0 Å². The Balaban J connectivity index is 4.25. The third-order valence-corrected chi connectivity index (χ3v) is 2.34. The predicted octanol–water partition coefficient (Wildman–Crippen LogP) is 2.54. The second kappa shape index (κ2) is 4.69. The smallest absolute Gasteiger partial charge is 0.129 e. The van der Waals surface area contributed by atoms with Crippen molar-refractivity contribution in [2.75, 3.05) is 7.11 Å². The van der Waals surface area contributed by atoms with Crippen LogP contribution in [-0.4, -0.2) is 21.3 Å². The fraction of sp³-hybridized carbons (Fsp3) is 0.800. The molecule has 1 nitrogen and oxygen atoms in total. The first kappa shape index (κ1) is 11.7. The van der Waals surface area contributed by atoms with Gasteiger partial charge >= 0.3 is 0 Å². The van der Waals surface area contributed by atoms with Crippen molar-refractivity contribution < 1.29 is 4.74 Å². The van der Waals surface area contributed by atoms with Gasteiger partial charge in [-0.05, 0) is 5.92 Å². The molecule has 0 saturated carbocycles. The summed E-state index contributed by atoms with van der Waals surface area (Å²) in [6.45, 7) is 11.0. The monoisotopic (exact) mass is 184 g/mol. The van der Waals surface area contributed by atoms with E-state index >= 15 is 0 Å². The van der Waals surface area contributed by atoms with Crippen LogP contribution in [0.3, 0.4) is 0 Å². The fourth-order valence-electron chi connectivity index (χ4n) is 0.785.